The van der Waals surface area contributed by atoms with Crippen LogP contribution in [0.3, 0.4) is 0 Å². The molecule has 32 heavy (non-hydrogen) atoms. The summed E-state index contributed by atoms with van der Waals surface area (Å²) in [6.07, 6.45) is 1.38. The van der Waals surface area contributed by atoms with E-state index >= 15 is 0 Å². The molecule has 0 bridgehead atoms. The number of pyridine rings is 1. The number of benzene rings is 3. The number of halogens is 1. The Balaban J connectivity index is 1.93. The first-order chi connectivity index (χ1) is 15.3. The highest BCUT2D eigenvalue weighted by Gasteiger charge is 2.24. The molecule has 0 saturated heterocycles. The summed E-state index contributed by atoms with van der Waals surface area (Å²) < 4.78 is 37.8. The van der Waals surface area contributed by atoms with Gasteiger partial charge in [0.15, 0.2) is 11.5 Å². The Bertz CT molecular complexity index is 1400. The summed E-state index contributed by atoms with van der Waals surface area (Å²) in [6, 6.07) is 17.1. The molecule has 6 nitrogen and oxygen atoms in total. The fourth-order valence-corrected chi connectivity index (χ4v) is 4.92. The van der Waals surface area contributed by atoms with Crippen LogP contribution in [0.5, 0.6) is 11.5 Å². The van der Waals surface area contributed by atoms with Gasteiger partial charge in [0.25, 0.3) is 0 Å². The maximum Gasteiger partial charge on any atom is 0.210 e. The van der Waals surface area contributed by atoms with Gasteiger partial charge >= 0.3 is 0 Å². The highest BCUT2D eigenvalue weighted by Crippen LogP contribution is 2.37. The lowest BCUT2D eigenvalue weighted by molar-refractivity contribution is 0.355. The third-order valence-electron chi connectivity index (χ3n) is 5.06. The molecule has 0 fully saturated rings. The van der Waals surface area contributed by atoms with Crippen molar-refractivity contribution in [2.45, 2.75) is 16.7 Å². The summed E-state index contributed by atoms with van der Waals surface area (Å²) in [6.45, 7) is 1.94. The van der Waals surface area contributed by atoms with Crippen molar-refractivity contribution >= 4 is 43.7 Å². The molecule has 0 saturated carbocycles. The summed E-state index contributed by atoms with van der Waals surface area (Å²) in [5.41, 5.74) is 2.73. The molecule has 0 aliphatic rings. The molecule has 1 heterocycles. The van der Waals surface area contributed by atoms with Gasteiger partial charge in [-0.3, -0.25) is 4.98 Å². The van der Waals surface area contributed by atoms with Crippen molar-refractivity contribution in [2.24, 2.45) is 0 Å². The maximum atomic E-state index is 13.5. The monoisotopic (exact) mass is 468 g/mol. The van der Waals surface area contributed by atoms with Crippen LogP contribution in [0.4, 0.5) is 11.4 Å². The van der Waals surface area contributed by atoms with E-state index in [4.69, 9.17) is 21.1 Å². The molecule has 164 valence electrons. The average Bonchev–Trinajstić information content (AvgIpc) is 2.79. The van der Waals surface area contributed by atoms with E-state index < -0.39 is 9.84 Å². The summed E-state index contributed by atoms with van der Waals surface area (Å²) in [4.78, 5) is 4.60. The van der Waals surface area contributed by atoms with Crippen LogP contribution in [-0.2, 0) is 9.84 Å². The first-order valence-corrected chi connectivity index (χ1v) is 11.6. The predicted octanol–water partition coefficient (Wildman–Crippen LogP) is 5.79. The topological polar surface area (TPSA) is 77.5 Å². The van der Waals surface area contributed by atoms with Crippen molar-refractivity contribution in [1.29, 1.82) is 0 Å². The van der Waals surface area contributed by atoms with Crippen molar-refractivity contribution in [1.82, 2.24) is 4.98 Å². The Morgan fingerprint density at radius 2 is 1.62 bits per heavy atom. The standard InChI is InChI=1S/C24H21ClN2O4S/c1-15-4-10-20-19(12-15)24(27-17-7-11-21(30-2)22(13-17)31-3)23(14-26-20)32(28,29)18-8-5-16(25)6-9-18/h4-14H,1-3H3,(H,26,27). The third-order valence-corrected chi connectivity index (χ3v) is 7.09. The number of aromatic nitrogens is 1. The first-order valence-electron chi connectivity index (χ1n) is 9.72. The quantitative estimate of drug-likeness (QED) is 0.386. The van der Waals surface area contributed by atoms with Crippen LogP contribution in [0, 0.1) is 6.92 Å². The third kappa shape index (κ3) is 4.09. The molecular weight excluding hydrogens is 448 g/mol. The minimum atomic E-state index is -3.88. The van der Waals surface area contributed by atoms with Crippen LogP contribution in [0.1, 0.15) is 5.56 Å². The fraction of sp³-hybridized carbons (Fsp3) is 0.125. The van der Waals surface area contributed by atoms with Crippen LogP contribution >= 0.6 is 11.6 Å². The van der Waals surface area contributed by atoms with Gasteiger partial charge < -0.3 is 14.8 Å². The lowest BCUT2D eigenvalue weighted by atomic mass is 10.1. The molecule has 4 aromatic rings. The molecule has 3 aromatic carbocycles. The van der Waals surface area contributed by atoms with Crippen molar-refractivity contribution in [2.75, 3.05) is 19.5 Å². The SMILES string of the molecule is COc1ccc(Nc2c(S(=O)(=O)c3ccc(Cl)cc3)cnc3ccc(C)cc23)cc1OC. The molecule has 0 unspecified atom stereocenters. The number of nitrogens with zero attached hydrogens (tertiary/aromatic N) is 1. The molecule has 0 radical (unpaired) electrons. The molecule has 1 N–H and O–H groups in total. The van der Waals surface area contributed by atoms with Crippen LogP contribution < -0.4 is 14.8 Å². The summed E-state index contributed by atoms with van der Waals surface area (Å²) in [7, 11) is -0.778. The molecule has 1 aromatic heterocycles. The second kappa shape index (κ2) is 8.68. The van der Waals surface area contributed by atoms with E-state index in [1.807, 2.05) is 25.1 Å². The zero-order chi connectivity index (χ0) is 22.9. The van der Waals surface area contributed by atoms with Crippen molar-refractivity contribution in [3.05, 3.63) is 77.4 Å². The Hall–Kier alpha value is -3.29. The van der Waals surface area contributed by atoms with E-state index in [9.17, 15) is 8.42 Å². The minimum Gasteiger partial charge on any atom is -0.493 e. The Kier molecular flexibility index (Phi) is 5.95. The molecule has 8 heteroatoms. The Morgan fingerprint density at radius 1 is 0.906 bits per heavy atom. The van der Waals surface area contributed by atoms with E-state index in [1.165, 1.54) is 18.3 Å². The van der Waals surface area contributed by atoms with Crippen molar-refractivity contribution in [3.8, 4) is 11.5 Å². The molecule has 0 atom stereocenters. The smallest absolute Gasteiger partial charge is 0.210 e. The van der Waals surface area contributed by atoms with Crippen LogP contribution in [-0.4, -0.2) is 27.6 Å². The highest BCUT2D eigenvalue weighted by atomic mass is 35.5. The second-order valence-electron chi connectivity index (χ2n) is 7.17. The lowest BCUT2D eigenvalue weighted by Crippen LogP contribution is -2.07. The number of fused-ring (bicyclic) bond motifs is 1. The van der Waals surface area contributed by atoms with Gasteiger partial charge in [-0.05, 0) is 55.5 Å². The molecule has 0 aliphatic carbocycles. The number of hydrogen-bond donors (Lipinski definition) is 1. The zero-order valence-corrected chi connectivity index (χ0v) is 19.3. The number of aryl methyl sites for hydroxylation is 1. The van der Waals surface area contributed by atoms with Crippen molar-refractivity contribution < 1.29 is 17.9 Å². The number of sulfone groups is 1. The van der Waals surface area contributed by atoms with Crippen LogP contribution in [0.15, 0.2) is 76.7 Å². The fourth-order valence-electron chi connectivity index (χ4n) is 3.42. The maximum absolute atomic E-state index is 13.5. The summed E-state index contributed by atoms with van der Waals surface area (Å²) in [5, 5.41) is 4.42. The predicted molar refractivity (Wildman–Crippen MR) is 126 cm³/mol. The lowest BCUT2D eigenvalue weighted by Gasteiger charge is -2.17. The second-order valence-corrected chi connectivity index (χ2v) is 9.52. The van der Waals surface area contributed by atoms with Gasteiger partial charge in [0.2, 0.25) is 9.84 Å². The minimum absolute atomic E-state index is 0.0627. The van der Waals surface area contributed by atoms with Crippen molar-refractivity contribution in [3.63, 3.8) is 0 Å². The number of anilines is 2. The number of nitrogens with one attached hydrogen (secondary N) is 1. The number of methoxy groups -OCH3 is 2. The normalized spacial score (nSPS) is 11.4. The van der Waals surface area contributed by atoms with Gasteiger partial charge in [0.05, 0.1) is 30.3 Å². The highest BCUT2D eigenvalue weighted by molar-refractivity contribution is 7.91. The van der Waals surface area contributed by atoms with E-state index in [2.05, 4.69) is 10.3 Å². The first kappa shape index (κ1) is 21.9. The summed E-state index contributed by atoms with van der Waals surface area (Å²) >= 11 is 5.95. The summed E-state index contributed by atoms with van der Waals surface area (Å²) in [5.74, 6) is 1.09. The van der Waals surface area contributed by atoms with Gasteiger partial charge in [-0.25, -0.2) is 8.42 Å². The largest absolute Gasteiger partial charge is 0.493 e. The number of rotatable bonds is 6. The molecule has 4 rings (SSSR count). The van der Waals surface area contributed by atoms with E-state index in [0.717, 1.165) is 5.56 Å². The van der Waals surface area contributed by atoms with Crippen LogP contribution in [0.2, 0.25) is 5.02 Å². The Morgan fingerprint density at radius 3 is 2.31 bits per heavy atom. The average molecular weight is 469 g/mol. The van der Waals surface area contributed by atoms with E-state index in [-0.39, 0.29) is 9.79 Å². The van der Waals surface area contributed by atoms with Crippen LogP contribution in [0.25, 0.3) is 10.9 Å². The Labute approximate surface area is 191 Å². The van der Waals surface area contributed by atoms with E-state index in [1.54, 1.807) is 44.6 Å². The molecule has 0 spiro atoms. The van der Waals surface area contributed by atoms with E-state index in [0.29, 0.717) is 38.8 Å². The molecule has 0 amide bonds. The van der Waals surface area contributed by atoms with Gasteiger partial charge in [-0.15, -0.1) is 0 Å². The van der Waals surface area contributed by atoms with Gasteiger partial charge in [-0.2, -0.15) is 0 Å². The van der Waals surface area contributed by atoms with Gasteiger partial charge in [-0.1, -0.05) is 23.2 Å². The van der Waals surface area contributed by atoms with Gasteiger partial charge in [0.1, 0.15) is 4.90 Å². The number of ether oxygens (including phenoxy) is 2. The zero-order valence-electron chi connectivity index (χ0n) is 17.7. The van der Waals surface area contributed by atoms with Gasteiger partial charge in [0, 0.05) is 28.4 Å². The molecular formula is C24H21ClN2O4S. The number of hydrogen-bond acceptors (Lipinski definition) is 6. The molecule has 0 aliphatic heterocycles.